The Kier molecular flexibility index (Phi) is 5.26. The van der Waals surface area contributed by atoms with Gasteiger partial charge in [0.05, 0.1) is 0 Å². The summed E-state index contributed by atoms with van der Waals surface area (Å²) >= 11 is 0. The van der Waals surface area contributed by atoms with E-state index in [-0.39, 0.29) is 17.5 Å². The van der Waals surface area contributed by atoms with Crippen LogP contribution in [0.3, 0.4) is 0 Å². The second kappa shape index (κ2) is 6.95. The van der Waals surface area contributed by atoms with E-state index in [4.69, 9.17) is 0 Å². The molecule has 3 N–H and O–H groups in total. The number of piperazine rings is 1. The van der Waals surface area contributed by atoms with Crippen LogP contribution >= 0.6 is 0 Å². The Hall–Kier alpha value is -1.26. The average Bonchev–Trinajstić information content (AvgIpc) is 2.38. The maximum absolute atomic E-state index is 9.73. The minimum absolute atomic E-state index is 0.143. The van der Waals surface area contributed by atoms with E-state index in [1.54, 1.807) is 12.1 Å². The van der Waals surface area contributed by atoms with Crippen molar-refractivity contribution in [2.45, 2.75) is 32.7 Å². The lowest BCUT2D eigenvalue weighted by atomic mass is 9.95. The molecule has 0 aromatic heterocycles. The molecule has 112 valence electrons. The Bertz CT molecular complexity index is 408. The second-order valence-corrected chi connectivity index (χ2v) is 6.06. The SMILES string of the molecule is CC(C)CC[C@H](c1cc(O)cc(O)c1)N1CCNCC1. The molecule has 1 aromatic carbocycles. The number of benzene rings is 1. The van der Waals surface area contributed by atoms with Crippen LogP contribution in [0.5, 0.6) is 11.5 Å². The third kappa shape index (κ3) is 4.12. The van der Waals surface area contributed by atoms with Gasteiger partial charge in [0.2, 0.25) is 0 Å². The molecule has 20 heavy (non-hydrogen) atoms. The van der Waals surface area contributed by atoms with Crippen molar-refractivity contribution >= 4 is 0 Å². The van der Waals surface area contributed by atoms with E-state index in [1.807, 2.05) is 0 Å². The van der Waals surface area contributed by atoms with Crippen LogP contribution in [-0.2, 0) is 0 Å². The third-order valence-electron chi connectivity index (χ3n) is 3.92. The fraction of sp³-hybridized carbons (Fsp3) is 0.625. The van der Waals surface area contributed by atoms with Crippen molar-refractivity contribution in [1.82, 2.24) is 10.2 Å². The molecule has 4 nitrogen and oxygen atoms in total. The number of nitrogens with one attached hydrogen (secondary N) is 1. The molecule has 2 rings (SSSR count). The number of aromatic hydroxyl groups is 2. The minimum atomic E-state index is 0.143. The Morgan fingerprint density at radius 3 is 2.20 bits per heavy atom. The van der Waals surface area contributed by atoms with E-state index in [1.165, 1.54) is 6.07 Å². The maximum Gasteiger partial charge on any atom is 0.119 e. The van der Waals surface area contributed by atoms with Crippen LogP contribution in [0.15, 0.2) is 18.2 Å². The Balaban J connectivity index is 2.19. The summed E-state index contributed by atoms with van der Waals surface area (Å²) in [6, 6.07) is 5.23. The summed E-state index contributed by atoms with van der Waals surface area (Å²) in [5.41, 5.74) is 1.02. The molecular formula is C16H26N2O2. The Morgan fingerprint density at radius 1 is 1.05 bits per heavy atom. The largest absolute Gasteiger partial charge is 0.508 e. The summed E-state index contributed by atoms with van der Waals surface area (Å²) < 4.78 is 0. The first-order valence-corrected chi connectivity index (χ1v) is 7.54. The first-order chi connectivity index (χ1) is 9.56. The summed E-state index contributed by atoms with van der Waals surface area (Å²) in [7, 11) is 0. The van der Waals surface area contributed by atoms with Crippen LogP contribution in [0.25, 0.3) is 0 Å². The Morgan fingerprint density at radius 2 is 1.65 bits per heavy atom. The van der Waals surface area contributed by atoms with Gasteiger partial charge in [-0.25, -0.2) is 0 Å². The van der Waals surface area contributed by atoms with Crippen molar-refractivity contribution in [2.75, 3.05) is 26.2 Å². The van der Waals surface area contributed by atoms with Gasteiger partial charge in [-0.3, -0.25) is 4.90 Å². The normalized spacial score (nSPS) is 18.4. The van der Waals surface area contributed by atoms with Gasteiger partial charge in [0.1, 0.15) is 11.5 Å². The van der Waals surface area contributed by atoms with Crippen molar-refractivity contribution in [3.63, 3.8) is 0 Å². The Labute approximate surface area is 121 Å². The van der Waals surface area contributed by atoms with Crippen LogP contribution in [0.4, 0.5) is 0 Å². The molecule has 4 heteroatoms. The highest BCUT2D eigenvalue weighted by atomic mass is 16.3. The predicted octanol–water partition coefficient (Wildman–Crippen LogP) is 2.48. The minimum Gasteiger partial charge on any atom is -0.508 e. The molecule has 1 saturated heterocycles. The van der Waals surface area contributed by atoms with Gasteiger partial charge in [0.25, 0.3) is 0 Å². The van der Waals surface area contributed by atoms with Gasteiger partial charge in [-0.05, 0) is 36.5 Å². The quantitative estimate of drug-likeness (QED) is 0.774. The molecular weight excluding hydrogens is 252 g/mol. The van der Waals surface area contributed by atoms with Gasteiger partial charge in [-0.1, -0.05) is 13.8 Å². The smallest absolute Gasteiger partial charge is 0.119 e. The lowest BCUT2D eigenvalue weighted by Crippen LogP contribution is -2.45. The lowest BCUT2D eigenvalue weighted by molar-refractivity contribution is 0.159. The topological polar surface area (TPSA) is 55.7 Å². The van der Waals surface area contributed by atoms with Crippen molar-refractivity contribution in [3.8, 4) is 11.5 Å². The molecule has 1 aromatic rings. The zero-order chi connectivity index (χ0) is 14.5. The van der Waals surface area contributed by atoms with Crippen LogP contribution in [0.1, 0.15) is 38.3 Å². The molecule has 0 unspecified atom stereocenters. The molecule has 1 heterocycles. The van der Waals surface area contributed by atoms with E-state index in [9.17, 15) is 10.2 Å². The molecule has 0 bridgehead atoms. The van der Waals surface area contributed by atoms with E-state index >= 15 is 0 Å². The lowest BCUT2D eigenvalue weighted by Gasteiger charge is -2.35. The monoisotopic (exact) mass is 278 g/mol. The number of nitrogens with zero attached hydrogens (tertiary/aromatic N) is 1. The van der Waals surface area contributed by atoms with Crippen LogP contribution in [0.2, 0.25) is 0 Å². The van der Waals surface area contributed by atoms with Gasteiger partial charge < -0.3 is 15.5 Å². The van der Waals surface area contributed by atoms with Crippen LogP contribution in [-0.4, -0.2) is 41.3 Å². The standard InChI is InChI=1S/C16H26N2O2/c1-12(2)3-4-16(18-7-5-17-6-8-18)13-9-14(19)11-15(20)10-13/h9-12,16-17,19-20H,3-8H2,1-2H3/t16-/m1/s1. The third-order valence-corrected chi connectivity index (χ3v) is 3.92. The average molecular weight is 278 g/mol. The number of hydrogen-bond donors (Lipinski definition) is 3. The van der Waals surface area contributed by atoms with Crippen molar-refractivity contribution in [2.24, 2.45) is 5.92 Å². The first kappa shape index (κ1) is 15.1. The molecule has 0 radical (unpaired) electrons. The summed E-state index contributed by atoms with van der Waals surface area (Å²) in [6.45, 7) is 8.49. The van der Waals surface area contributed by atoms with Crippen molar-refractivity contribution < 1.29 is 10.2 Å². The van der Waals surface area contributed by atoms with Crippen LogP contribution in [0, 0.1) is 5.92 Å². The summed E-state index contributed by atoms with van der Waals surface area (Å²) in [5.74, 6) is 0.945. The number of phenolic OH excluding ortho intramolecular Hbond substituents is 2. The molecule has 1 aliphatic rings. The number of rotatable bonds is 5. The van der Waals surface area contributed by atoms with Crippen molar-refractivity contribution in [1.29, 1.82) is 0 Å². The maximum atomic E-state index is 9.73. The molecule has 1 aliphatic heterocycles. The van der Waals surface area contributed by atoms with Crippen LogP contribution < -0.4 is 5.32 Å². The second-order valence-electron chi connectivity index (χ2n) is 6.06. The molecule has 0 amide bonds. The van der Waals surface area contributed by atoms with E-state index in [2.05, 4.69) is 24.1 Å². The van der Waals surface area contributed by atoms with Gasteiger partial charge in [0.15, 0.2) is 0 Å². The van der Waals surface area contributed by atoms with E-state index in [0.717, 1.165) is 44.6 Å². The zero-order valence-electron chi connectivity index (χ0n) is 12.5. The summed E-state index contributed by atoms with van der Waals surface area (Å²) in [4.78, 5) is 2.45. The molecule has 1 fully saturated rings. The van der Waals surface area contributed by atoms with Gasteiger partial charge >= 0.3 is 0 Å². The molecule has 0 aliphatic carbocycles. The fourth-order valence-electron chi connectivity index (χ4n) is 2.86. The van der Waals surface area contributed by atoms with Crippen molar-refractivity contribution in [3.05, 3.63) is 23.8 Å². The molecule has 0 saturated carbocycles. The zero-order valence-corrected chi connectivity index (χ0v) is 12.5. The van der Waals surface area contributed by atoms with E-state index < -0.39 is 0 Å². The highest BCUT2D eigenvalue weighted by Gasteiger charge is 2.23. The predicted molar refractivity (Wildman–Crippen MR) is 81.0 cm³/mol. The number of hydrogen-bond acceptors (Lipinski definition) is 4. The number of phenols is 2. The highest BCUT2D eigenvalue weighted by Crippen LogP contribution is 2.32. The van der Waals surface area contributed by atoms with Gasteiger partial charge in [-0.2, -0.15) is 0 Å². The fourth-order valence-corrected chi connectivity index (χ4v) is 2.86. The summed E-state index contributed by atoms with van der Waals surface area (Å²) in [6.07, 6.45) is 2.20. The van der Waals surface area contributed by atoms with Gasteiger partial charge in [-0.15, -0.1) is 0 Å². The molecule has 1 atom stereocenters. The first-order valence-electron chi connectivity index (χ1n) is 7.54. The molecule has 0 spiro atoms. The summed E-state index contributed by atoms with van der Waals surface area (Å²) in [5, 5.41) is 22.8. The van der Waals surface area contributed by atoms with E-state index in [0.29, 0.717) is 5.92 Å². The highest BCUT2D eigenvalue weighted by molar-refractivity contribution is 5.38. The van der Waals surface area contributed by atoms with Gasteiger partial charge in [0, 0.05) is 38.3 Å².